The molecular formula is C11H20OS. The number of hydrogen-bond acceptors (Lipinski definition) is 2. The fourth-order valence-corrected chi connectivity index (χ4v) is 2.43. The molecule has 1 saturated heterocycles. The summed E-state index contributed by atoms with van der Waals surface area (Å²) in [6, 6.07) is 0. The molecule has 0 saturated carbocycles. The minimum atomic E-state index is 0.489. The lowest BCUT2D eigenvalue weighted by molar-refractivity contribution is 0.160. The third-order valence-corrected chi connectivity index (χ3v) is 3.26. The van der Waals surface area contributed by atoms with Crippen molar-refractivity contribution in [2.75, 3.05) is 5.75 Å². The molecule has 0 aromatic heterocycles. The van der Waals surface area contributed by atoms with Crippen LogP contribution in [-0.2, 0) is 4.74 Å². The predicted molar refractivity (Wildman–Crippen MR) is 59.8 cm³/mol. The topological polar surface area (TPSA) is 9.23 Å². The second-order valence-corrected chi connectivity index (χ2v) is 4.53. The molecule has 1 atom stereocenters. The molecule has 1 heterocycles. The van der Waals surface area contributed by atoms with Crippen molar-refractivity contribution in [2.24, 2.45) is 0 Å². The lowest BCUT2D eigenvalue weighted by Gasteiger charge is -2.06. The third kappa shape index (κ3) is 4.08. The van der Waals surface area contributed by atoms with E-state index in [-0.39, 0.29) is 0 Å². The summed E-state index contributed by atoms with van der Waals surface area (Å²) < 4.78 is 5.77. The molecule has 0 N–H and O–H groups in total. The highest BCUT2D eigenvalue weighted by molar-refractivity contribution is 8.03. The maximum Gasteiger partial charge on any atom is 0.149 e. The van der Waals surface area contributed by atoms with Crippen LogP contribution in [0.3, 0.4) is 0 Å². The summed E-state index contributed by atoms with van der Waals surface area (Å²) in [5.41, 5.74) is 0. The second-order valence-electron chi connectivity index (χ2n) is 3.50. The van der Waals surface area contributed by atoms with Gasteiger partial charge in [0.25, 0.3) is 0 Å². The van der Waals surface area contributed by atoms with E-state index in [4.69, 9.17) is 4.74 Å². The van der Waals surface area contributed by atoms with E-state index in [0.717, 1.165) is 5.75 Å². The van der Waals surface area contributed by atoms with Crippen LogP contribution in [0, 0.1) is 0 Å². The summed E-state index contributed by atoms with van der Waals surface area (Å²) in [7, 11) is 0. The summed E-state index contributed by atoms with van der Waals surface area (Å²) in [5.74, 6) is 1.16. The molecule has 0 bridgehead atoms. The standard InChI is InChI=1S/C11H20OS/c1-3-5-6-8-11-12-10(7-4-2)9-13-11/h8,10H,3-7,9H2,1-2H3/b11-8-. The van der Waals surface area contributed by atoms with Crippen LogP contribution in [0.5, 0.6) is 0 Å². The van der Waals surface area contributed by atoms with Crippen LogP contribution < -0.4 is 0 Å². The quantitative estimate of drug-likeness (QED) is 0.621. The van der Waals surface area contributed by atoms with E-state index in [2.05, 4.69) is 19.9 Å². The largest absolute Gasteiger partial charge is 0.484 e. The number of ether oxygens (including phenoxy) is 1. The van der Waals surface area contributed by atoms with Crippen LogP contribution in [0.25, 0.3) is 0 Å². The lowest BCUT2D eigenvalue weighted by atomic mass is 10.2. The van der Waals surface area contributed by atoms with Gasteiger partial charge in [0.2, 0.25) is 0 Å². The lowest BCUT2D eigenvalue weighted by Crippen LogP contribution is -2.06. The van der Waals surface area contributed by atoms with Crippen LogP contribution >= 0.6 is 11.8 Å². The van der Waals surface area contributed by atoms with Gasteiger partial charge in [0.15, 0.2) is 0 Å². The van der Waals surface area contributed by atoms with E-state index < -0.39 is 0 Å². The maximum atomic E-state index is 5.77. The van der Waals surface area contributed by atoms with Crippen LogP contribution in [0.4, 0.5) is 0 Å². The summed E-state index contributed by atoms with van der Waals surface area (Å²) in [6.45, 7) is 4.44. The summed E-state index contributed by atoms with van der Waals surface area (Å²) >= 11 is 1.88. The zero-order chi connectivity index (χ0) is 9.52. The van der Waals surface area contributed by atoms with Gasteiger partial charge in [-0.1, -0.05) is 38.5 Å². The van der Waals surface area contributed by atoms with E-state index in [9.17, 15) is 0 Å². The molecule has 1 fully saturated rings. The number of hydrogen-bond donors (Lipinski definition) is 0. The van der Waals surface area contributed by atoms with Gasteiger partial charge in [-0.2, -0.15) is 0 Å². The Morgan fingerprint density at radius 1 is 1.46 bits per heavy atom. The van der Waals surface area contributed by atoms with E-state index in [0.29, 0.717) is 6.10 Å². The Morgan fingerprint density at radius 3 is 3.00 bits per heavy atom. The van der Waals surface area contributed by atoms with Crippen LogP contribution in [0.2, 0.25) is 0 Å². The molecule has 0 radical (unpaired) electrons. The number of thioether (sulfide) groups is 1. The average molecular weight is 200 g/mol. The van der Waals surface area contributed by atoms with Gasteiger partial charge in [-0.05, 0) is 25.3 Å². The Labute approximate surface area is 85.9 Å². The minimum absolute atomic E-state index is 0.489. The molecule has 13 heavy (non-hydrogen) atoms. The van der Waals surface area contributed by atoms with Crippen molar-refractivity contribution >= 4 is 11.8 Å². The highest BCUT2D eigenvalue weighted by atomic mass is 32.2. The van der Waals surface area contributed by atoms with Crippen LogP contribution in [0.15, 0.2) is 11.2 Å². The third-order valence-electron chi connectivity index (χ3n) is 2.17. The smallest absolute Gasteiger partial charge is 0.149 e. The van der Waals surface area contributed by atoms with Gasteiger partial charge in [-0.25, -0.2) is 0 Å². The monoisotopic (exact) mass is 200 g/mol. The first-order valence-electron chi connectivity index (χ1n) is 5.36. The summed E-state index contributed by atoms with van der Waals surface area (Å²) in [4.78, 5) is 0. The Bertz CT molecular complexity index is 165. The Hall–Kier alpha value is -0.110. The molecule has 0 aromatic carbocycles. The molecule has 0 spiro atoms. The Morgan fingerprint density at radius 2 is 2.31 bits per heavy atom. The van der Waals surface area contributed by atoms with Gasteiger partial charge in [-0.15, -0.1) is 0 Å². The van der Waals surface area contributed by atoms with Crippen molar-refractivity contribution in [3.63, 3.8) is 0 Å². The van der Waals surface area contributed by atoms with E-state index in [1.54, 1.807) is 0 Å². The van der Waals surface area contributed by atoms with Crippen molar-refractivity contribution in [3.05, 3.63) is 11.2 Å². The van der Waals surface area contributed by atoms with E-state index in [1.165, 1.54) is 37.2 Å². The molecule has 1 unspecified atom stereocenters. The van der Waals surface area contributed by atoms with Crippen LogP contribution in [-0.4, -0.2) is 11.9 Å². The van der Waals surface area contributed by atoms with Gasteiger partial charge in [0.05, 0.1) is 0 Å². The normalized spacial score (nSPS) is 25.1. The summed E-state index contributed by atoms with van der Waals surface area (Å²) in [5, 5.41) is 1.17. The molecule has 1 aliphatic heterocycles. The molecule has 2 heteroatoms. The van der Waals surface area contributed by atoms with E-state index >= 15 is 0 Å². The first-order valence-corrected chi connectivity index (χ1v) is 6.35. The molecule has 0 amide bonds. The number of unbranched alkanes of at least 4 members (excludes halogenated alkanes) is 2. The van der Waals surface area contributed by atoms with Crippen molar-refractivity contribution in [1.29, 1.82) is 0 Å². The fraction of sp³-hybridized carbons (Fsp3) is 0.818. The highest BCUT2D eigenvalue weighted by Crippen LogP contribution is 2.31. The van der Waals surface area contributed by atoms with Gasteiger partial charge < -0.3 is 4.74 Å². The van der Waals surface area contributed by atoms with Crippen molar-refractivity contribution in [3.8, 4) is 0 Å². The molecule has 1 rings (SSSR count). The Balaban J connectivity index is 2.19. The fourth-order valence-electron chi connectivity index (χ4n) is 1.40. The first kappa shape index (κ1) is 11.0. The maximum absolute atomic E-state index is 5.77. The van der Waals surface area contributed by atoms with Gasteiger partial charge >= 0.3 is 0 Å². The van der Waals surface area contributed by atoms with Gasteiger partial charge in [-0.3, -0.25) is 0 Å². The highest BCUT2D eigenvalue weighted by Gasteiger charge is 2.19. The first-order chi connectivity index (χ1) is 6.36. The molecule has 0 aliphatic carbocycles. The molecular weight excluding hydrogens is 180 g/mol. The molecule has 76 valence electrons. The molecule has 0 aromatic rings. The zero-order valence-electron chi connectivity index (χ0n) is 8.71. The zero-order valence-corrected chi connectivity index (χ0v) is 9.53. The minimum Gasteiger partial charge on any atom is -0.484 e. The molecule has 1 aliphatic rings. The van der Waals surface area contributed by atoms with E-state index in [1.807, 2.05) is 11.8 Å². The van der Waals surface area contributed by atoms with Crippen molar-refractivity contribution in [2.45, 2.75) is 52.1 Å². The van der Waals surface area contributed by atoms with Gasteiger partial charge in [0.1, 0.15) is 11.2 Å². The molecule has 1 nitrogen and oxygen atoms in total. The summed E-state index contributed by atoms with van der Waals surface area (Å²) in [6.07, 6.45) is 8.91. The average Bonchev–Trinajstić information content (AvgIpc) is 2.54. The van der Waals surface area contributed by atoms with Gasteiger partial charge in [0, 0.05) is 5.75 Å². The number of rotatable bonds is 5. The number of allylic oxidation sites excluding steroid dienone is 1. The Kier molecular flexibility index (Phi) is 5.37. The van der Waals surface area contributed by atoms with Crippen molar-refractivity contribution in [1.82, 2.24) is 0 Å². The second kappa shape index (κ2) is 6.36. The van der Waals surface area contributed by atoms with Crippen molar-refractivity contribution < 1.29 is 4.74 Å². The van der Waals surface area contributed by atoms with Crippen LogP contribution in [0.1, 0.15) is 46.0 Å². The predicted octanol–water partition coefficient (Wildman–Crippen LogP) is 3.95. The SMILES string of the molecule is CCCC/C=C1/OC(CCC)CS1.